The van der Waals surface area contributed by atoms with E-state index in [1.165, 1.54) is 10.6 Å². The van der Waals surface area contributed by atoms with E-state index in [4.69, 9.17) is 18.0 Å². The summed E-state index contributed by atoms with van der Waals surface area (Å²) in [7, 11) is -3.54. The van der Waals surface area contributed by atoms with Crippen molar-refractivity contribution in [1.29, 1.82) is 0 Å². The number of nitrogens with zero attached hydrogens (tertiary/aromatic N) is 2. The minimum Gasteiger partial charge on any atom is -0.393 e. The van der Waals surface area contributed by atoms with Gasteiger partial charge < -0.3 is 5.73 Å². The van der Waals surface area contributed by atoms with Crippen molar-refractivity contribution < 1.29 is 8.42 Å². The highest BCUT2D eigenvalue weighted by molar-refractivity contribution is 7.89. The van der Waals surface area contributed by atoms with Crippen LogP contribution in [0.1, 0.15) is 6.92 Å². The number of fused-ring (bicyclic) bond motifs is 1. The second-order valence-corrected chi connectivity index (χ2v) is 6.42. The number of nitrogens with two attached hydrogens (primary N) is 1. The zero-order valence-electron chi connectivity index (χ0n) is 9.78. The van der Waals surface area contributed by atoms with E-state index in [1.807, 2.05) is 0 Å². The van der Waals surface area contributed by atoms with Gasteiger partial charge in [0.2, 0.25) is 0 Å². The van der Waals surface area contributed by atoms with E-state index in [0.29, 0.717) is 5.69 Å². The molecule has 0 saturated heterocycles. The number of thiocarbonyl (C=S) groups is 1. The summed E-state index contributed by atoms with van der Waals surface area (Å²) in [5.74, 6) is -0.202. The quantitative estimate of drug-likeness (QED) is 0.848. The van der Waals surface area contributed by atoms with Crippen LogP contribution in [0.25, 0.3) is 0 Å². The van der Waals surface area contributed by atoms with E-state index in [1.54, 1.807) is 31.2 Å². The van der Waals surface area contributed by atoms with Gasteiger partial charge in [-0.05, 0) is 12.1 Å². The third-order valence-electron chi connectivity index (χ3n) is 2.72. The Morgan fingerprint density at radius 3 is 2.83 bits per heavy atom. The van der Waals surface area contributed by atoms with Gasteiger partial charge in [-0.1, -0.05) is 31.3 Å². The first kappa shape index (κ1) is 13.0. The largest absolute Gasteiger partial charge is 0.393 e. The summed E-state index contributed by atoms with van der Waals surface area (Å²) < 4.78 is 25.8. The second-order valence-electron chi connectivity index (χ2n) is 4.09. The Balaban J connectivity index is 2.36. The molecule has 1 aliphatic rings. The molecule has 1 atom stereocenters. The van der Waals surface area contributed by atoms with E-state index in [2.05, 4.69) is 4.99 Å². The highest BCUT2D eigenvalue weighted by Crippen LogP contribution is 2.30. The number of hydrogen-bond donors (Lipinski definition) is 1. The van der Waals surface area contributed by atoms with Crippen LogP contribution in [0, 0.1) is 5.92 Å². The Kier molecular flexibility index (Phi) is 3.36. The first-order valence-corrected chi connectivity index (χ1v) is 7.22. The Morgan fingerprint density at radius 1 is 1.50 bits per heavy atom. The fraction of sp³-hybridized carbons (Fsp3) is 0.273. The van der Waals surface area contributed by atoms with Crippen LogP contribution in [-0.4, -0.2) is 30.6 Å². The zero-order valence-corrected chi connectivity index (χ0v) is 11.4. The molecule has 1 heterocycles. The molecule has 1 unspecified atom stereocenters. The summed E-state index contributed by atoms with van der Waals surface area (Å²) >= 11 is 4.85. The molecule has 0 aliphatic carbocycles. The van der Waals surface area contributed by atoms with E-state index >= 15 is 0 Å². The summed E-state index contributed by atoms with van der Waals surface area (Å²) in [6.07, 6.45) is 1.31. The molecule has 0 aromatic heterocycles. The molecule has 2 N–H and O–H groups in total. The van der Waals surface area contributed by atoms with E-state index in [0.717, 1.165) is 0 Å². The molecule has 0 saturated carbocycles. The number of para-hydroxylation sites is 1. The summed E-state index contributed by atoms with van der Waals surface area (Å²) in [6, 6.07) is 6.63. The average molecular weight is 283 g/mol. The third kappa shape index (κ3) is 2.23. The molecule has 18 heavy (non-hydrogen) atoms. The summed E-state index contributed by atoms with van der Waals surface area (Å²) in [6.45, 7) is 1.99. The fourth-order valence-corrected chi connectivity index (χ4v) is 3.16. The zero-order chi connectivity index (χ0) is 13.3. The number of sulfonamides is 1. The maximum atomic E-state index is 12.3. The molecule has 1 aromatic rings. The summed E-state index contributed by atoms with van der Waals surface area (Å²) in [4.78, 5) is 4.62. The molecule has 1 aliphatic heterocycles. The van der Waals surface area contributed by atoms with Crippen LogP contribution in [0.3, 0.4) is 0 Å². The topological polar surface area (TPSA) is 75.8 Å². The first-order valence-electron chi connectivity index (χ1n) is 5.37. The summed E-state index contributed by atoms with van der Waals surface area (Å²) in [5.41, 5.74) is 5.96. The van der Waals surface area contributed by atoms with Crippen LogP contribution in [0.2, 0.25) is 0 Å². The predicted molar refractivity (Wildman–Crippen MR) is 74.4 cm³/mol. The van der Waals surface area contributed by atoms with Gasteiger partial charge >= 0.3 is 0 Å². The molecule has 2 rings (SSSR count). The molecular formula is C11H13N3O2S2. The fourth-order valence-electron chi connectivity index (χ4n) is 1.60. The lowest BCUT2D eigenvalue weighted by Gasteiger charge is -2.26. The van der Waals surface area contributed by atoms with Crippen LogP contribution in [0.15, 0.2) is 34.2 Å². The van der Waals surface area contributed by atoms with Crippen molar-refractivity contribution in [2.75, 3.05) is 6.54 Å². The lowest BCUT2D eigenvalue weighted by Crippen LogP contribution is -2.38. The SMILES string of the molecule is CC(CN1C=Nc2ccccc2S1(=O)=O)C(N)=S. The van der Waals surface area contributed by atoms with Crippen molar-refractivity contribution in [3.8, 4) is 0 Å². The van der Waals surface area contributed by atoms with Gasteiger partial charge in [-0.25, -0.2) is 13.4 Å². The van der Waals surface area contributed by atoms with Crippen molar-refractivity contribution in [2.45, 2.75) is 11.8 Å². The minimum absolute atomic E-state index is 0.202. The van der Waals surface area contributed by atoms with E-state index < -0.39 is 10.0 Å². The number of benzene rings is 1. The highest BCUT2D eigenvalue weighted by Gasteiger charge is 2.29. The molecular weight excluding hydrogens is 270 g/mol. The molecule has 7 heteroatoms. The van der Waals surface area contributed by atoms with Crippen molar-refractivity contribution in [3.05, 3.63) is 24.3 Å². The molecule has 0 fully saturated rings. The van der Waals surface area contributed by atoms with Gasteiger partial charge in [-0.15, -0.1) is 0 Å². The van der Waals surface area contributed by atoms with Gasteiger partial charge in [0.15, 0.2) is 0 Å². The first-order chi connectivity index (χ1) is 8.43. The molecule has 0 bridgehead atoms. The number of aliphatic imine (C=N–C) groups is 1. The normalized spacial score (nSPS) is 18.2. The van der Waals surface area contributed by atoms with Gasteiger partial charge in [0.25, 0.3) is 10.0 Å². The van der Waals surface area contributed by atoms with Crippen molar-refractivity contribution in [3.63, 3.8) is 0 Å². The van der Waals surface area contributed by atoms with Gasteiger partial charge in [-0.3, -0.25) is 4.31 Å². The van der Waals surface area contributed by atoms with Crippen LogP contribution < -0.4 is 5.73 Å². The molecule has 1 aromatic carbocycles. The van der Waals surface area contributed by atoms with E-state index in [-0.39, 0.29) is 22.3 Å². The Morgan fingerprint density at radius 2 is 2.17 bits per heavy atom. The molecule has 0 spiro atoms. The van der Waals surface area contributed by atoms with Crippen molar-refractivity contribution >= 4 is 39.3 Å². The monoisotopic (exact) mass is 283 g/mol. The lowest BCUT2D eigenvalue weighted by atomic mass is 10.2. The highest BCUT2D eigenvalue weighted by atomic mass is 32.2. The molecule has 5 nitrogen and oxygen atoms in total. The van der Waals surface area contributed by atoms with Gasteiger partial charge in [0.05, 0.1) is 10.7 Å². The molecule has 96 valence electrons. The Labute approximate surface area is 111 Å². The average Bonchev–Trinajstić information content (AvgIpc) is 2.33. The molecule has 0 radical (unpaired) electrons. The van der Waals surface area contributed by atoms with Crippen LogP contribution in [-0.2, 0) is 10.0 Å². The summed E-state index contributed by atoms with van der Waals surface area (Å²) in [5, 5.41) is 0. The van der Waals surface area contributed by atoms with Crippen LogP contribution >= 0.6 is 12.2 Å². The van der Waals surface area contributed by atoms with Crippen molar-refractivity contribution in [2.24, 2.45) is 16.6 Å². The third-order valence-corrected chi connectivity index (χ3v) is 4.88. The number of rotatable bonds is 3. The maximum absolute atomic E-state index is 12.3. The Hall–Kier alpha value is -1.47. The maximum Gasteiger partial charge on any atom is 0.267 e. The van der Waals surface area contributed by atoms with Gasteiger partial charge in [0, 0.05) is 12.5 Å². The Bertz CT molecular complexity index is 610. The second kappa shape index (κ2) is 4.66. The minimum atomic E-state index is -3.54. The lowest BCUT2D eigenvalue weighted by molar-refractivity contribution is 0.501. The van der Waals surface area contributed by atoms with Crippen LogP contribution in [0.5, 0.6) is 0 Å². The van der Waals surface area contributed by atoms with Crippen LogP contribution in [0.4, 0.5) is 5.69 Å². The predicted octanol–water partition coefficient (Wildman–Crippen LogP) is 1.27. The van der Waals surface area contributed by atoms with E-state index in [9.17, 15) is 8.42 Å². The smallest absolute Gasteiger partial charge is 0.267 e. The standard InChI is InChI=1S/C11H13N3O2S2/c1-8(11(12)17)6-14-7-13-9-4-2-3-5-10(9)18(14,15)16/h2-5,7-8H,6H2,1H3,(H2,12,17). The molecule has 0 amide bonds. The number of hydrogen-bond acceptors (Lipinski definition) is 4. The van der Waals surface area contributed by atoms with Crippen molar-refractivity contribution in [1.82, 2.24) is 4.31 Å². The van der Waals surface area contributed by atoms with Gasteiger partial charge in [-0.2, -0.15) is 0 Å². The van der Waals surface area contributed by atoms with Gasteiger partial charge in [0.1, 0.15) is 11.2 Å².